The molecule has 0 spiro atoms. The number of hydrogen-bond acceptors (Lipinski definition) is 5. The van der Waals surface area contributed by atoms with E-state index in [1.807, 2.05) is 0 Å². The van der Waals surface area contributed by atoms with E-state index < -0.39 is 30.3 Å². The van der Waals surface area contributed by atoms with Crippen LogP contribution in [0.3, 0.4) is 0 Å². The van der Waals surface area contributed by atoms with Crippen molar-refractivity contribution in [1.82, 2.24) is 9.88 Å². The van der Waals surface area contributed by atoms with Crippen LogP contribution in [-0.2, 0) is 4.79 Å². The SMILES string of the molecule is N=C(Cl)/C(=C\Nc1cccnc1)N(CCCF)C(=O)CCSCCC(F)(F)F. The van der Waals surface area contributed by atoms with E-state index in [2.05, 4.69) is 10.3 Å². The lowest BCUT2D eigenvalue weighted by molar-refractivity contribution is -0.129. The molecule has 1 aromatic heterocycles. The van der Waals surface area contributed by atoms with Gasteiger partial charge in [-0.2, -0.15) is 24.9 Å². The maximum atomic E-state index is 12.6. The lowest BCUT2D eigenvalue weighted by atomic mass is 10.3. The molecule has 1 rings (SSSR count). The summed E-state index contributed by atoms with van der Waals surface area (Å²) >= 11 is 6.81. The van der Waals surface area contributed by atoms with Gasteiger partial charge in [0.2, 0.25) is 5.91 Å². The molecule has 0 saturated heterocycles. The fourth-order valence-corrected chi connectivity index (χ4v) is 3.10. The molecule has 0 aromatic carbocycles. The first-order valence-corrected chi connectivity index (χ1v) is 9.90. The van der Waals surface area contributed by atoms with Gasteiger partial charge in [0, 0.05) is 36.9 Å². The zero-order valence-corrected chi connectivity index (χ0v) is 16.5. The second-order valence-corrected chi connectivity index (χ2v) is 7.15. The first-order chi connectivity index (χ1) is 13.2. The number of amides is 1. The fourth-order valence-electron chi connectivity index (χ4n) is 2.04. The number of pyridine rings is 1. The largest absolute Gasteiger partial charge is 0.389 e. The number of anilines is 1. The summed E-state index contributed by atoms with van der Waals surface area (Å²) in [5.41, 5.74) is 0.641. The van der Waals surface area contributed by atoms with Crippen molar-refractivity contribution in [3.63, 3.8) is 0 Å². The van der Waals surface area contributed by atoms with Crippen LogP contribution in [0.15, 0.2) is 36.4 Å². The third-order valence-corrected chi connectivity index (χ3v) is 4.54. The number of nitrogens with zero attached hydrogens (tertiary/aromatic N) is 2. The Kier molecular flexibility index (Phi) is 10.9. The third kappa shape index (κ3) is 9.93. The molecule has 0 aliphatic rings. The third-order valence-electron chi connectivity index (χ3n) is 3.36. The number of thioether (sulfide) groups is 1. The van der Waals surface area contributed by atoms with Gasteiger partial charge in [0.1, 0.15) is 5.17 Å². The first kappa shape index (κ1) is 24.2. The van der Waals surface area contributed by atoms with Crippen molar-refractivity contribution in [2.24, 2.45) is 0 Å². The zero-order chi connectivity index (χ0) is 21.0. The van der Waals surface area contributed by atoms with Crippen LogP contribution in [0.5, 0.6) is 0 Å². The Morgan fingerprint density at radius 1 is 1.39 bits per heavy atom. The number of aromatic nitrogens is 1. The van der Waals surface area contributed by atoms with E-state index in [0.717, 1.165) is 11.8 Å². The number of halogens is 5. The molecular weight excluding hydrogens is 420 g/mol. The van der Waals surface area contributed by atoms with Gasteiger partial charge in [0.25, 0.3) is 0 Å². The average Bonchev–Trinajstić information content (AvgIpc) is 2.63. The Morgan fingerprint density at radius 2 is 2.14 bits per heavy atom. The van der Waals surface area contributed by atoms with E-state index in [1.54, 1.807) is 18.3 Å². The highest BCUT2D eigenvalue weighted by Gasteiger charge is 2.26. The fraction of sp³-hybridized carbons (Fsp3) is 0.471. The number of allylic oxidation sites excluding steroid dienone is 1. The molecule has 1 amide bonds. The molecule has 1 aromatic rings. The van der Waals surface area contributed by atoms with Crippen LogP contribution < -0.4 is 5.32 Å². The topological polar surface area (TPSA) is 69.1 Å². The number of carbonyl (C=O) groups is 1. The van der Waals surface area contributed by atoms with E-state index in [0.29, 0.717) is 5.69 Å². The van der Waals surface area contributed by atoms with Crippen molar-refractivity contribution in [3.05, 3.63) is 36.4 Å². The highest BCUT2D eigenvalue weighted by molar-refractivity contribution is 7.99. The van der Waals surface area contributed by atoms with Crippen molar-refractivity contribution in [2.75, 3.05) is 30.0 Å². The van der Waals surface area contributed by atoms with Crippen LogP contribution in [0.2, 0.25) is 0 Å². The van der Waals surface area contributed by atoms with Gasteiger partial charge < -0.3 is 10.2 Å². The molecule has 2 N–H and O–H groups in total. The summed E-state index contributed by atoms with van der Waals surface area (Å²) in [6, 6.07) is 3.40. The molecule has 0 unspecified atom stereocenters. The maximum absolute atomic E-state index is 12.6. The molecule has 0 atom stereocenters. The summed E-state index contributed by atoms with van der Waals surface area (Å²) < 4.78 is 49.1. The van der Waals surface area contributed by atoms with Gasteiger partial charge >= 0.3 is 6.18 Å². The van der Waals surface area contributed by atoms with Crippen LogP contribution in [0.25, 0.3) is 0 Å². The summed E-state index contributed by atoms with van der Waals surface area (Å²) in [6.45, 7) is -0.665. The summed E-state index contributed by atoms with van der Waals surface area (Å²) in [5.74, 6) is -0.407. The van der Waals surface area contributed by atoms with E-state index in [9.17, 15) is 22.4 Å². The molecule has 28 heavy (non-hydrogen) atoms. The minimum Gasteiger partial charge on any atom is -0.358 e. The molecular formula is C17H21ClF4N4OS. The van der Waals surface area contributed by atoms with E-state index >= 15 is 0 Å². The van der Waals surface area contributed by atoms with E-state index in [1.165, 1.54) is 17.3 Å². The smallest absolute Gasteiger partial charge is 0.358 e. The van der Waals surface area contributed by atoms with Gasteiger partial charge in [-0.05, 0) is 18.6 Å². The van der Waals surface area contributed by atoms with Crippen molar-refractivity contribution in [1.29, 1.82) is 5.41 Å². The van der Waals surface area contributed by atoms with Crippen molar-refractivity contribution >= 4 is 40.1 Å². The van der Waals surface area contributed by atoms with Crippen molar-refractivity contribution in [2.45, 2.75) is 25.4 Å². The monoisotopic (exact) mass is 440 g/mol. The molecule has 1 heterocycles. The molecule has 0 fully saturated rings. The summed E-state index contributed by atoms with van der Waals surface area (Å²) in [5, 5.41) is 10.2. The first-order valence-electron chi connectivity index (χ1n) is 8.36. The van der Waals surface area contributed by atoms with Gasteiger partial charge in [-0.25, -0.2) is 0 Å². The lowest BCUT2D eigenvalue weighted by Crippen LogP contribution is -2.34. The number of nitrogens with one attached hydrogen (secondary N) is 2. The van der Waals surface area contributed by atoms with Gasteiger partial charge in [-0.3, -0.25) is 19.6 Å². The van der Waals surface area contributed by atoms with E-state index in [4.69, 9.17) is 17.0 Å². The zero-order valence-electron chi connectivity index (χ0n) is 14.9. The standard InChI is InChI=1S/C17H21ClF4N4OS/c18-16(23)14(12-25-13-3-1-7-24-11-13)26(8-2-6-19)15(27)4-9-28-10-5-17(20,21)22/h1,3,7,11-12,23,25H,2,4-6,8-10H2/b14-12+,23-16?. The van der Waals surface area contributed by atoms with Crippen molar-refractivity contribution in [3.8, 4) is 0 Å². The molecule has 156 valence electrons. The molecule has 5 nitrogen and oxygen atoms in total. The highest BCUT2D eigenvalue weighted by Crippen LogP contribution is 2.22. The number of hydrogen-bond donors (Lipinski definition) is 2. The number of alkyl halides is 4. The normalized spacial score (nSPS) is 12.0. The second kappa shape index (κ2) is 12.6. The van der Waals surface area contributed by atoms with E-state index in [-0.39, 0.29) is 36.6 Å². The molecule has 0 aliphatic carbocycles. The van der Waals surface area contributed by atoms with Gasteiger partial charge in [0.15, 0.2) is 0 Å². The average molecular weight is 441 g/mol. The van der Waals surface area contributed by atoms with Crippen molar-refractivity contribution < 1.29 is 22.4 Å². The van der Waals surface area contributed by atoms with Crippen LogP contribution in [0.4, 0.5) is 23.2 Å². The Labute approximate surface area is 170 Å². The highest BCUT2D eigenvalue weighted by atomic mass is 35.5. The quantitative estimate of drug-likeness (QED) is 0.278. The van der Waals surface area contributed by atoms with Gasteiger partial charge in [-0.15, -0.1) is 0 Å². The Balaban J connectivity index is 2.75. The summed E-state index contributed by atoms with van der Waals surface area (Å²) in [7, 11) is 0. The Bertz CT molecular complexity index is 658. The molecule has 0 radical (unpaired) electrons. The molecule has 0 bridgehead atoms. The Morgan fingerprint density at radius 3 is 2.71 bits per heavy atom. The van der Waals surface area contributed by atoms with Crippen LogP contribution >= 0.6 is 23.4 Å². The molecule has 0 saturated carbocycles. The second-order valence-electron chi connectivity index (χ2n) is 5.55. The predicted octanol–water partition coefficient (Wildman–Crippen LogP) is 4.81. The summed E-state index contributed by atoms with van der Waals surface area (Å²) in [4.78, 5) is 17.6. The van der Waals surface area contributed by atoms with Crippen LogP contribution in [-0.4, -0.2) is 51.9 Å². The number of rotatable bonds is 12. The lowest BCUT2D eigenvalue weighted by Gasteiger charge is -2.24. The minimum atomic E-state index is -4.23. The van der Waals surface area contributed by atoms with Crippen LogP contribution in [0.1, 0.15) is 19.3 Å². The maximum Gasteiger partial charge on any atom is 0.389 e. The molecule has 0 aliphatic heterocycles. The van der Waals surface area contributed by atoms with Gasteiger partial charge in [-0.1, -0.05) is 11.6 Å². The predicted molar refractivity (Wildman–Crippen MR) is 104 cm³/mol. The summed E-state index contributed by atoms with van der Waals surface area (Å²) in [6.07, 6.45) is -0.719. The minimum absolute atomic E-state index is 0.00178. The Hall–Kier alpha value is -1.81. The van der Waals surface area contributed by atoms with Gasteiger partial charge in [0.05, 0.1) is 30.7 Å². The van der Waals surface area contributed by atoms with Crippen LogP contribution in [0, 0.1) is 5.41 Å². The number of carbonyl (C=O) groups excluding carboxylic acids is 1. The molecule has 11 heteroatoms.